The highest BCUT2D eigenvalue weighted by atomic mass is 16.4. The number of pyridine rings is 1. The van der Waals surface area contributed by atoms with Gasteiger partial charge in [-0.25, -0.2) is 4.79 Å². The van der Waals surface area contributed by atoms with Gasteiger partial charge in [0.1, 0.15) is 0 Å². The summed E-state index contributed by atoms with van der Waals surface area (Å²) < 4.78 is 1.73. The summed E-state index contributed by atoms with van der Waals surface area (Å²) in [6.07, 6.45) is 2.21. The van der Waals surface area contributed by atoms with Crippen LogP contribution in [0.2, 0.25) is 0 Å². The van der Waals surface area contributed by atoms with Gasteiger partial charge in [-0.3, -0.25) is 4.79 Å². The van der Waals surface area contributed by atoms with Gasteiger partial charge < -0.3 is 14.6 Å². The molecule has 5 nitrogen and oxygen atoms in total. The van der Waals surface area contributed by atoms with E-state index in [0.717, 1.165) is 32.5 Å². The van der Waals surface area contributed by atoms with Crippen LogP contribution in [0.1, 0.15) is 40.5 Å². The molecule has 2 bridgehead atoms. The zero-order valence-electron chi connectivity index (χ0n) is 11.9. The monoisotopic (exact) mass is 276 g/mol. The minimum absolute atomic E-state index is 0.0660. The van der Waals surface area contributed by atoms with Gasteiger partial charge in [-0.05, 0) is 51.3 Å². The molecule has 20 heavy (non-hydrogen) atoms. The summed E-state index contributed by atoms with van der Waals surface area (Å²) in [5, 5.41) is 9.37. The van der Waals surface area contributed by atoms with Gasteiger partial charge in [0, 0.05) is 18.3 Å². The Labute approximate surface area is 117 Å². The molecule has 0 spiro atoms. The smallest absolute Gasteiger partial charge is 0.337 e. The summed E-state index contributed by atoms with van der Waals surface area (Å²) in [6.45, 7) is 6.53. The van der Waals surface area contributed by atoms with Crippen molar-refractivity contribution in [3.05, 3.63) is 33.2 Å². The van der Waals surface area contributed by atoms with E-state index in [9.17, 15) is 14.7 Å². The molecule has 3 fully saturated rings. The lowest BCUT2D eigenvalue weighted by atomic mass is 9.83. The van der Waals surface area contributed by atoms with Gasteiger partial charge >= 0.3 is 5.97 Å². The first kappa shape index (κ1) is 13.4. The van der Waals surface area contributed by atoms with Crippen LogP contribution in [0.5, 0.6) is 0 Å². The van der Waals surface area contributed by atoms with Crippen LogP contribution in [0.4, 0.5) is 0 Å². The quantitative estimate of drug-likeness (QED) is 0.887. The van der Waals surface area contributed by atoms with E-state index in [-0.39, 0.29) is 17.2 Å². The van der Waals surface area contributed by atoms with Crippen LogP contribution in [0.25, 0.3) is 0 Å². The van der Waals surface area contributed by atoms with Crippen LogP contribution in [0.3, 0.4) is 0 Å². The molecular weight excluding hydrogens is 256 g/mol. The Kier molecular flexibility index (Phi) is 3.17. The van der Waals surface area contributed by atoms with Crippen molar-refractivity contribution in [2.45, 2.75) is 32.7 Å². The normalized spacial score (nSPS) is 28.6. The number of rotatable bonds is 2. The number of carboxylic acid groups (broad SMARTS) is 1. The zero-order chi connectivity index (χ0) is 14.4. The Morgan fingerprint density at radius 2 is 1.95 bits per heavy atom. The van der Waals surface area contributed by atoms with E-state index in [2.05, 4.69) is 4.90 Å². The second kappa shape index (κ2) is 4.74. The highest BCUT2D eigenvalue weighted by Crippen LogP contribution is 2.35. The third-order valence-corrected chi connectivity index (χ3v) is 4.86. The summed E-state index contributed by atoms with van der Waals surface area (Å²) in [6, 6.07) is 1.59. The van der Waals surface area contributed by atoms with Gasteiger partial charge in [0.05, 0.1) is 11.6 Å². The van der Waals surface area contributed by atoms with Crippen LogP contribution in [0.15, 0.2) is 10.9 Å². The lowest BCUT2D eigenvalue weighted by Crippen LogP contribution is -2.50. The molecule has 1 N–H and O–H groups in total. The molecule has 3 aliphatic heterocycles. The number of hydrogen-bond acceptors (Lipinski definition) is 3. The zero-order valence-corrected chi connectivity index (χ0v) is 11.9. The van der Waals surface area contributed by atoms with E-state index in [0.29, 0.717) is 17.2 Å². The maximum absolute atomic E-state index is 12.4. The minimum Gasteiger partial charge on any atom is -0.478 e. The van der Waals surface area contributed by atoms with E-state index >= 15 is 0 Å². The highest BCUT2D eigenvalue weighted by Gasteiger charge is 2.36. The van der Waals surface area contributed by atoms with Crippen LogP contribution in [-0.4, -0.2) is 40.2 Å². The molecule has 1 atom stereocenters. The van der Waals surface area contributed by atoms with Crippen LogP contribution in [0, 0.1) is 19.8 Å². The number of piperidine rings is 3. The van der Waals surface area contributed by atoms with Gasteiger partial charge in [0.2, 0.25) is 0 Å². The summed E-state index contributed by atoms with van der Waals surface area (Å²) in [5.74, 6) is -0.448. The molecule has 0 saturated carbocycles. The maximum atomic E-state index is 12.4. The Balaban J connectivity index is 2.12. The van der Waals surface area contributed by atoms with Crippen molar-refractivity contribution >= 4 is 5.97 Å². The maximum Gasteiger partial charge on any atom is 0.337 e. The molecular formula is C15H20N2O3. The molecule has 4 heterocycles. The van der Waals surface area contributed by atoms with Crippen molar-refractivity contribution in [3.63, 3.8) is 0 Å². The fraction of sp³-hybridized carbons (Fsp3) is 0.600. The molecule has 3 saturated heterocycles. The molecule has 4 rings (SSSR count). The Morgan fingerprint density at radius 1 is 1.30 bits per heavy atom. The Morgan fingerprint density at radius 3 is 2.45 bits per heavy atom. The van der Waals surface area contributed by atoms with Crippen LogP contribution < -0.4 is 5.56 Å². The van der Waals surface area contributed by atoms with Gasteiger partial charge in [-0.2, -0.15) is 0 Å². The van der Waals surface area contributed by atoms with E-state index in [1.807, 2.05) is 0 Å². The first-order valence-electron chi connectivity index (χ1n) is 7.17. The third kappa shape index (κ3) is 1.97. The van der Waals surface area contributed by atoms with E-state index in [1.165, 1.54) is 6.07 Å². The Bertz CT molecular complexity index is 612. The fourth-order valence-corrected chi connectivity index (χ4v) is 3.86. The number of nitrogens with zero attached hydrogens (tertiary/aromatic N) is 2. The van der Waals surface area contributed by atoms with Crippen LogP contribution >= 0.6 is 0 Å². The van der Waals surface area contributed by atoms with Gasteiger partial charge in [-0.15, -0.1) is 0 Å². The van der Waals surface area contributed by atoms with E-state index < -0.39 is 5.97 Å². The average molecular weight is 276 g/mol. The number of aryl methyl sites for hydroxylation is 1. The first-order valence-corrected chi connectivity index (χ1v) is 7.17. The average Bonchev–Trinajstić information content (AvgIpc) is 2.38. The number of carbonyl (C=O) groups is 1. The predicted molar refractivity (Wildman–Crippen MR) is 75.3 cm³/mol. The Hall–Kier alpha value is -1.62. The number of aromatic nitrogens is 1. The first-order chi connectivity index (χ1) is 9.49. The predicted octanol–water partition coefficient (Wildman–Crippen LogP) is 1.43. The minimum atomic E-state index is -0.949. The topological polar surface area (TPSA) is 62.5 Å². The molecule has 108 valence electrons. The van der Waals surface area contributed by atoms with Crippen molar-refractivity contribution in [1.82, 2.24) is 9.47 Å². The summed E-state index contributed by atoms with van der Waals surface area (Å²) in [7, 11) is 0. The number of carboxylic acids is 1. The number of fused-ring (bicyclic) bond motifs is 3. The highest BCUT2D eigenvalue weighted by molar-refractivity contribution is 5.90. The van der Waals surface area contributed by atoms with Crippen molar-refractivity contribution in [3.8, 4) is 0 Å². The second-order valence-electron chi connectivity index (χ2n) is 6.01. The molecule has 0 aromatic carbocycles. The van der Waals surface area contributed by atoms with E-state index in [4.69, 9.17) is 0 Å². The van der Waals surface area contributed by atoms with Crippen LogP contribution in [-0.2, 0) is 0 Å². The van der Waals surface area contributed by atoms with Crippen molar-refractivity contribution in [1.29, 1.82) is 0 Å². The van der Waals surface area contributed by atoms with Gasteiger partial charge in [-0.1, -0.05) is 0 Å². The number of hydrogen-bond donors (Lipinski definition) is 1. The van der Waals surface area contributed by atoms with Crippen molar-refractivity contribution < 1.29 is 9.90 Å². The largest absolute Gasteiger partial charge is 0.478 e. The molecule has 0 aliphatic carbocycles. The van der Waals surface area contributed by atoms with Gasteiger partial charge in [0.25, 0.3) is 5.56 Å². The molecule has 0 amide bonds. The molecule has 1 aromatic heterocycles. The summed E-state index contributed by atoms with van der Waals surface area (Å²) in [5.41, 5.74) is 1.36. The molecule has 0 radical (unpaired) electrons. The van der Waals surface area contributed by atoms with Crippen molar-refractivity contribution in [2.75, 3.05) is 19.6 Å². The third-order valence-electron chi connectivity index (χ3n) is 4.86. The molecule has 1 aromatic rings. The molecule has 1 unspecified atom stereocenters. The summed E-state index contributed by atoms with van der Waals surface area (Å²) >= 11 is 0. The molecule has 5 heteroatoms. The van der Waals surface area contributed by atoms with Gasteiger partial charge in [0.15, 0.2) is 0 Å². The summed E-state index contributed by atoms with van der Waals surface area (Å²) in [4.78, 5) is 26.2. The lowest BCUT2D eigenvalue weighted by molar-refractivity contribution is 0.0537. The molecule has 3 aliphatic rings. The SMILES string of the molecule is Cc1cc(=O)n(C2CN3CCC2CC3)c(C)c1C(=O)O. The second-order valence-corrected chi connectivity index (χ2v) is 6.01. The van der Waals surface area contributed by atoms with Crippen molar-refractivity contribution in [2.24, 2.45) is 5.92 Å². The van der Waals surface area contributed by atoms with E-state index in [1.54, 1.807) is 18.4 Å². The lowest BCUT2D eigenvalue weighted by Gasteiger charge is -2.46. The standard InChI is InChI=1S/C15H20N2O3/c1-9-7-13(18)17(10(2)14(9)15(19)20)12-8-16-5-3-11(12)4-6-16/h7,11-12H,3-6,8H2,1-2H3,(H,19,20). The fourth-order valence-electron chi connectivity index (χ4n) is 3.86. The number of aromatic carboxylic acids is 1.